The number of nitrogens with zero attached hydrogens (tertiary/aromatic N) is 2. The Morgan fingerprint density at radius 1 is 0.880 bits per heavy atom. The van der Waals surface area contributed by atoms with Gasteiger partial charge in [0.1, 0.15) is 17.4 Å². The van der Waals surface area contributed by atoms with Gasteiger partial charge in [0.05, 0.1) is 0 Å². The summed E-state index contributed by atoms with van der Waals surface area (Å²) < 4.78 is 5.37. The van der Waals surface area contributed by atoms with Crippen LogP contribution in [0.2, 0.25) is 0 Å². The first-order valence-electron chi connectivity index (χ1n) is 6.76. The molecule has 0 bridgehead atoms. The van der Waals surface area contributed by atoms with Crippen LogP contribution < -0.4 is 11.5 Å². The molecule has 9 heteroatoms. The molecule has 1 aromatic carbocycles. The Balaban J connectivity index is 0.00000156. The second-order valence-electron chi connectivity index (χ2n) is 4.95. The Morgan fingerprint density at radius 2 is 1.56 bits per heavy atom. The molecule has 0 fully saturated rings. The van der Waals surface area contributed by atoms with Gasteiger partial charge in [-0.05, 0) is 12.1 Å². The molecule has 0 unspecified atom stereocenters. The van der Waals surface area contributed by atoms with Crippen LogP contribution in [0, 0.1) is 10.8 Å². The highest BCUT2D eigenvalue weighted by atomic mass is 35.5. The Bertz CT molecular complexity index is 837. The molecule has 7 nitrogen and oxygen atoms in total. The van der Waals surface area contributed by atoms with E-state index in [1.807, 2.05) is 6.07 Å². The van der Waals surface area contributed by atoms with Gasteiger partial charge < -0.3 is 16.0 Å². The lowest BCUT2D eigenvalue weighted by atomic mass is 10.1. The number of halogens is 2. The summed E-state index contributed by atoms with van der Waals surface area (Å²) in [5.74, 6) is 0.485. The quantitative estimate of drug-likeness (QED) is 0.408. The zero-order valence-corrected chi connectivity index (χ0v) is 14.5. The fourth-order valence-electron chi connectivity index (χ4n) is 2.11. The lowest BCUT2D eigenvalue weighted by molar-refractivity contribution is 0.435. The molecule has 25 heavy (non-hydrogen) atoms. The van der Waals surface area contributed by atoms with Crippen LogP contribution in [0.3, 0.4) is 0 Å². The number of nitrogens with two attached hydrogens (primary N) is 2. The lowest BCUT2D eigenvalue weighted by Crippen LogP contribution is -2.11. The summed E-state index contributed by atoms with van der Waals surface area (Å²) in [4.78, 5) is 4.05. The zero-order valence-electron chi connectivity index (χ0n) is 12.9. The fraction of sp³-hybridized carbons (Fsp3) is 0. The summed E-state index contributed by atoms with van der Waals surface area (Å²) in [5, 5.41) is 19.0. The summed E-state index contributed by atoms with van der Waals surface area (Å²) in [7, 11) is 0. The van der Waals surface area contributed by atoms with Gasteiger partial charge in [-0.2, -0.15) is 0 Å². The maximum atomic E-state index is 7.49. The molecule has 130 valence electrons. The number of nitrogens with one attached hydrogen (secondary N) is 2. The van der Waals surface area contributed by atoms with E-state index in [0.29, 0.717) is 28.1 Å². The van der Waals surface area contributed by atoms with E-state index in [2.05, 4.69) is 10.1 Å². The van der Waals surface area contributed by atoms with Gasteiger partial charge in [0.25, 0.3) is 0 Å². The normalized spacial score (nSPS) is 9.60. The highest BCUT2D eigenvalue weighted by Gasteiger charge is 2.11. The maximum Gasteiger partial charge on any atom is 0.167 e. The maximum absolute atomic E-state index is 7.49. The van der Waals surface area contributed by atoms with Crippen molar-refractivity contribution < 1.29 is 4.52 Å². The summed E-state index contributed by atoms with van der Waals surface area (Å²) in [6, 6.07) is 10.6. The molecule has 2 heterocycles. The van der Waals surface area contributed by atoms with Crippen LogP contribution >= 0.6 is 24.8 Å². The monoisotopic (exact) mass is 378 g/mol. The van der Waals surface area contributed by atoms with Crippen LogP contribution in [0.25, 0.3) is 22.6 Å². The van der Waals surface area contributed by atoms with Crippen LogP contribution in [-0.2, 0) is 0 Å². The minimum Gasteiger partial charge on any atom is -0.384 e. The molecule has 0 aliphatic rings. The number of rotatable bonds is 4. The van der Waals surface area contributed by atoms with Crippen molar-refractivity contribution in [3.05, 3.63) is 59.9 Å². The highest BCUT2D eigenvalue weighted by Crippen LogP contribution is 2.26. The van der Waals surface area contributed by atoms with Crippen molar-refractivity contribution >= 4 is 36.5 Å². The van der Waals surface area contributed by atoms with E-state index < -0.39 is 0 Å². The molecule has 6 N–H and O–H groups in total. The largest absolute Gasteiger partial charge is 0.384 e. The first-order chi connectivity index (χ1) is 11.0. The van der Waals surface area contributed by atoms with Gasteiger partial charge in [-0.1, -0.05) is 23.4 Å². The van der Waals surface area contributed by atoms with Crippen molar-refractivity contribution in [3.8, 4) is 22.6 Å². The average molecular weight is 379 g/mol. The molecule has 0 spiro atoms. The van der Waals surface area contributed by atoms with Crippen molar-refractivity contribution in [2.75, 3.05) is 0 Å². The number of amidine groups is 2. The van der Waals surface area contributed by atoms with Crippen molar-refractivity contribution in [2.24, 2.45) is 11.5 Å². The Labute approximate surface area is 156 Å². The van der Waals surface area contributed by atoms with Gasteiger partial charge in [0.2, 0.25) is 0 Å². The number of hydrogen-bond donors (Lipinski definition) is 4. The van der Waals surface area contributed by atoms with Gasteiger partial charge in [-0.15, -0.1) is 24.8 Å². The smallest absolute Gasteiger partial charge is 0.167 e. The number of aromatic nitrogens is 2. The predicted molar refractivity (Wildman–Crippen MR) is 102 cm³/mol. The predicted octanol–water partition coefficient (Wildman–Crippen LogP) is 2.82. The summed E-state index contributed by atoms with van der Waals surface area (Å²) in [6.07, 6.45) is 3.14. The van der Waals surface area contributed by atoms with E-state index in [-0.39, 0.29) is 36.5 Å². The van der Waals surface area contributed by atoms with Crippen molar-refractivity contribution in [1.82, 2.24) is 10.1 Å². The SMILES string of the molecule is Cl.Cl.N=C(N)c1cncc(-c2cc(-c3cccc(C(=N)N)c3)on2)c1. The zero-order chi connectivity index (χ0) is 16.4. The first-order valence-corrected chi connectivity index (χ1v) is 6.76. The summed E-state index contributed by atoms with van der Waals surface area (Å²) in [5.41, 5.74) is 14.2. The van der Waals surface area contributed by atoms with E-state index in [4.69, 9.17) is 26.8 Å². The molecule has 0 aliphatic carbocycles. The molecule has 3 rings (SSSR count). The third kappa shape index (κ3) is 4.34. The molecule has 0 saturated heterocycles. The third-order valence-corrected chi connectivity index (χ3v) is 3.31. The van der Waals surface area contributed by atoms with E-state index in [1.165, 1.54) is 6.20 Å². The first kappa shape index (κ1) is 20.1. The molecule has 2 aromatic heterocycles. The minimum absolute atomic E-state index is 0. The van der Waals surface area contributed by atoms with Crippen LogP contribution in [0.5, 0.6) is 0 Å². The van der Waals surface area contributed by atoms with E-state index in [1.54, 1.807) is 36.5 Å². The molecular weight excluding hydrogens is 363 g/mol. The van der Waals surface area contributed by atoms with Crippen LogP contribution in [0.4, 0.5) is 0 Å². The van der Waals surface area contributed by atoms with E-state index in [0.717, 1.165) is 5.56 Å². The van der Waals surface area contributed by atoms with Crippen LogP contribution in [-0.4, -0.2) is 21.8 Å². The number of pyridine rings is 1. The molecule has 0 amide bonds. The standard InChI is InChI=1S/C16H14N6O.2ClH/c17-15(18)10-3-1-2-9(4-10)14-6-13(22-23-14)11-5-12(16(19)20)8-21-7-11;;/h1-8H,(H3,17,18)(H3,19,20);2*1H. The molecule has 0 saturated carbocycles. The van der Waals surface area contributed by atoms with Crippen LogP contribution in [0.15, 0.2) is 53.3 Å². The fourth-order valence-corrected chi connectivity index (χ4v) is 2.11. The van der Waals surface area contributed by atoms with Gasteiger partial charge in [-0.3, -0.25) is 15.8 Å². The Morgan fingerprint density at radius 3 is 2.24 bits per heavy atom. The highest BCUT2D eigenvalue weighted by molar-refractivity contribution is 5.96. The molecule has 0 atom stereocenters. The van der Waals surface area contributed by atoms with Crippen molar-refractivity contribution in [2.45, 2.75) is 0 Å². The van der Waals surface area contributed by atoms with E-state index in [9.17, 15) is 0 Å². The topological polar surface area (TPSA) is 139 Å². The Kier molecular flexibility index (Phi) is 6.67. The average Bonchev–Trinajstić information content (AvgIpc) is 3.05. The number of hydrogen-bond acceptors (Lipinski definition) is 5. The lowest BCUT2D eigenvalue weighted by Gasteiger charge is -2.00. The number of nitrogen functional groups attached to an aromatic ring is 2. The molecule has 0 aliphatic heterocycles. The minimum atomic E-state index is -0.0581. The molecule has 0 radical (unpaired) electrons. The summed E-state index contributed by atoms with van der Waals surface area (Å²) in [6.45, 7) is 0. The second-order valence-corrected chi connectivity index (χ2v) is 4.95. The van der Waals surface area contributed by atoms with Crippen LogP contribution in [0.1, 0.15) is 11.1 Å². The van der Waals surface area contributed by atoms with Gasteiger partial charge in [-0.25, -0.2) is 0 Å². The summed E-state index contributed by atoms with van der Waals surface area (Å²) >= 11 is 0. The van der Waals surface area contributed by atoms with Gasteiger partial charge >= 0.3 is 0 Å². The Hall–Kier alpha value is -2.90. The second kappa shape index (κ2) is 8.27. The molecule has 3 aromatic rings. The molecular formula is C16H16Cl2N6O. The van der Waals surface area contributed by atoms with Gasteiger partial charge in [0, 0.05) is 40.7 Å². The van der Waals surface area contributed by atoms with Crippen molar-refractivity contribution in [1.29, 1.82) is 10.8 Å². The van der Waals surface area contributed by atoms with Gasteiger partial charge in [0.15, 0.2) is 5.76 Å². The van der Waals surface area contributed by atoms with E-state index >= 15 is 0 Å². The van der Waals surface area contributed by atoms with Crippen molar-refractivity contribution in [3.63, 3.8) is 0 Å². The third-order valence-electron chi connectivity index (χ3n) is 3.31. The number of benzene rings is 1.